The molecule has 0 atom stereocenters. The van der Waals surface area contributed by atoms with Gasteiger partial charge in [-0.25, -0.2) is 9.78 Å². The Bertz CT molecular complexity index is 679. The van der Waals surface area contributed by atoms with Gasteiger partial charge in [0.1, 0.15) is 5.01 Å². The standard InChI is InChI=1S/C19H25N3O2S/c1-15(2)13-24-19(23)22-10-8-21(9-11-22)12-17-14-25-18(20-17)16-6-4-3-5-7-16/h3-7,14-15H,8-13H2,1-2H3. The van der Waals surface area contributed by atoms with Crippen LogP contribution in [-0.4, -0.2) is 53.7 Å². The largest absolute Gasteiger partial charge is 0.449 e. The van der Waals surface area contributed by atoms with Crippen LogP contribution in [0.1, 0.15) is 19.5 Å². The quantitative estimate of drug-likeness (QED) is 0.816. The number of benzene rings is 1. The Hall–Kier alpha value is -1.92. The average Bonchev–Trinajstić information content (AvgIpc) is 3.09. The number of hydrogen-bond donors (Lipinski definition) is 0. The first-order valence-corrected chi connectivity index (χ1v) is 9.63. The van der Waals surface area contributed by atoms with E-state index in [4.69, 9.17) is 9.72 Å². The molecule has 1 amide bonds. The first-order valence-electron chi connectivity index (χ1n) is 8.75. The maximum Gasteiger partial charge on any atom is 0.409 e. The number of aromatic nitrogens is 1. The van der Waals surface area contributed by atoms with E-state index in [0.29, 0.717) is 25.6 Å². The lowest BCUT2D eigenvalue weighted by Crippen LogP contribution is -2.48. The molecular weight excluding hydrogens is 334 g/mol. The molecule has 3 rings (SSSR count). The summed E-state index contributed by atoms with van der Waals surface area (Å²) in [4.78, 5) is 20.9. The first-order chi connectivity index (χ1) is 12.1. The Morgan fingerprint density at radius 3 is 2.60 bits per heavy atom. The summed E-state index contributed by atoms with van der Waals surface area (Å²) in [5.41, 5.74) is 2.26. The second-order valence-corrected chi connectivity index (χ2v) is 7.60. The van der Waals surface area contributed by atoms with Gasteiger partial charge in [0.05, 0.1) is 12.3 Å². The maximum atomic E-state index is 12.0. The van der Waals surface area contributed by atoms with E-state index >= 15 is 0 Å². The van der Waals surface area contributed by atoms with E-state index in [0.717, 1.165) is 35.9 Å². The Labute approximate surface area is 153 Å². The monoisotopic (exact) mass is 359 g/mol. The van der Waals surface area contributed by atoms with Gasteiger partial charge in [-0.05, 0) is 5.92 Å². The number of thiazole rings is 1. The molecule has 1 aliphatic rings. The van der Waals surface area contributed by atoms with Crippen LogP contribution in [-0.2, 0) is 11.3 Å². The first kappa shape index (κ1) is 17.9. The molecule has 1 aromatic heterocycles. The molecule has 1 aliphatic heterocycles. The van der Waals surface area contributed by atoms with E-state index in [1.54, 1.807) is 16.2 Å². The molecule has 134 valence electrons. The summed E-state index contributed by atoms with van der Waals surface area (Å²) >= 11 is 1.68. The molecule has 6 heteroatoms. The number of carbonyl (C=O) groups is 1. The van der Waals surface area contributed by atoms with Gasteiger partial charge in [-0.3, -0.25) is 4.90 Å². The van der Waals surface area contributed by atoms with Gasteiger partial charge in [-0.2, -0.15) is 0 Å². The maximum absolute atomic E-state index is 12.0. The van der Waals surface area contributed by atoms with Crippen molar-refractivity contribution in [3.05, 3.63) is 41.4 Å². The molecule has 0 saturated carbocycles. The van der Waals surface area contributed by atoms with Crippen LogP contribution in [0.3, 0.4) is 0 Å². The molecular formula is C19H25N3O2S. The van der Waals surface area contributed by atoms with E-state index in [1.807, 2.05) is 32.0 Å². The second-order valence-electron chi connectivity index (χ2n) is 6.74. The lowest BCUT2D eigenvalue weighted by atomic mass is 10.2. The van der Waals surface area contributed by atoms with Crippen molar-refractivity contribution < 1.29 is 9.53 Å². The van der Waals surface area contributed by atoms with Crippen LogP contribution < -0.4 is 0 Å². The highest BCUT2D eigenvalue weighted by Gasteiger charge is 2.22. The molecule has 0 radical (unpaired) electrons. The van der Waals surface area contributed by atoms with Crippen molar-refractivity contribution in [1.82, 2.24) is 14.8 Å². The molecule has 0 spiro atoms. The van der Waals surface area contributed by atoms with Crippen LogP contribution in [0.4, 0.5) is 4.79 Å². The fourth-order valence-electron chi connectivity index (χ4n) is 2.74. The molecule has 5 nitrogen and oxygen atoms in total. The van der Waals surface area contributed by atoms with Crippen molar-refractivity contribution >= 4 is 17.4 Å². The van der Waals surface area contributed by atoms with E-state index in [2.05, 4.69) is 22.4 Å². The number of rotatable bonds is 5. The minimum Gasteiger partial charge on any atom is -0.449 e. The Morgan fingerprint density at radius 2 is 1.92 bits per heavy atom. The highest BCUT2D eigenvalue weighted by atomic mass is 32.1. The van der Waals surface area contributed by atoms with Crippen molar-refractivity contribution in [2.75, 3.05) is 32.8 Å². The van der Waals surface area contributed by atoms with Crippen molar-refractivity contribution in [2.24, 2.45) is 5.92 Å². The summed E-state index contributed by atoms with van der Waals surface area (Å²) in [5.74, 6) is 0.369. The zero-order valence-corrected chi connectivity index (χ0v) is 15.7. The lowest BCUT2D eigenvalue weighted by molar-refractivity contribution is 0.0674. The van der Waals surface area contributed by atoms with Crippen LogP contribution in [0.5, 0.6) is 0 Å². The van der Waals surface area contributed by atoms with Crippen molar-refractivity contribution in [2.45, 2.75) is 20.4 Å². The molecule has 25 heavy (non-hydrogen) atoms. The molecule has 0 unspecified atom stereocenters. The van der Waals surface area contributed by atoms with Gasteiger partial charge in [0.2, 0.25) is 0 Å². The second kappa shape index (κ2) is 8.45. The van der Waals surface area contributed by atoms with Crippen molar-refractivity contribution in [3.8, 4) is 10.6 Å². The molecule has 0 N–H and O–H groups in total. The average molecular weight is 359 g/mol. The van der Waals surface area contributed by atoms with Crippen LogP contribution in [0.25, 0.3) is 10.6 Å². The summed E-state index contributed by atoms with van der Waals surface area (Å²) in [6.45, 7) is 8.55. The third-order valence-corrected chi connectivity index (χ3v) is 5.07. The third-order valence-electron chi connectivity index (χ3n) is 4.13. The fourth-order valence-corrected chi connectivity index (χ4v) is 3.56. The number of ether oxygens (including phenoxy) is 1. The minimum atomic E-state index is -0.187. The molecule has 0 bridgehead atoms. The third kappa shape index (κ3) is 5.03. The zero-order chi connectivity index (χ0) is 17.6. The number of amides is 1. The van der Waals surface area contributed by atoms with Gasteiger partial charge in [-0.15, -0.1) is 11.3 Å². The number of carbonyl (C=O) groups excluding carboxylic acids is 1. The lowest BCUT2D eigenvalue weighted by Gasteiger charge is -2.33. The van der Waals surface area contributed by atoms with E-state index in [9.17, 15) is 4.79 Å². The van der Waals surface area contributed by atoms with Gasteiger partial charge in [0, 0.05) is 43.7 Å². The Morgan fingerprint density at radius 1 is 1.20 bits per heavy atom. The van der Waals surface area contributed by atoms with Crippen LogP contribution >= 0.6 is 11.3 Å². The van der Waals surface area contributed by atoms with Gasteiger partial charge in [0.15, 0.2) is 0 Å². The predicted molar refractivity (Wildman–Crippen MR) is 101 cm³/mol. The summed E-state index contributed by atoms with van der Waals surface area (Å²) in [6, 6.07) is 10.3. The molecule has 1 fully saturated rings. The van der Waals surface area contributed by atoms with Gasteiger partial charge >= 0.3 is 6.09 Å². The van der Waals surface area contributed by atoms with Gasteiger partial charge in [0.25, 0.3) is 0 Å². The van der Waals surface area contributed by atoms with E-state index in [-0.39, 0.29) is 6.09 Å². The highest BCUT2D eigenvalue weighted by molar-refractivity contribution is 7.13. The van der Waals surface area contributed by atoms with Crippen LogP contribution in [0, 0.1) is 5.92 Å². The summed E-state index contributed by atoms with van der Waals surface area (Å²) < 4.78 is 5.31. The number of hydrogen-bond acceptors (Lipinski definition) is 5. The molecule has 2 aromatic rings. The Kier molecular flexibility index (Phi) is 6.04. The van der Waals surface area contributed by atoms with Gasteiger partial charge in [-0.1, -0.05) is 44.2 Å². The van der Waals surface area contributed by atoms with Gasteiger partial charge < -0.3 is 9.64 Å². The predicted octanol–water partition coefficient (Wildman–Crippen LogP) is 3.72. The van der Waals surface area contributed by atoms with Crippen LogP contribution in [0.2, 0.25) is 0 Å². The molecule has 1 aromatic carbocycles. The number of piperazine rings is 1. The number of nitrogens with zero attached hydrogens (tertiary/aromatic N) is 3. The van der Waals surface area contributed by atoms with E-state index < -0.39 is 0 Å². The normalized spacial score (nSPS) is 15.6. The SMILES string of the molecule is CC(C)COC(=O)N1CCN(Cc2csc(-c3ccccc3)n2)CC1. The van der Waals surface area contributed by atoms with Crippen molar-refractivity contribution in [3.63, 3.8) is 0 Å². The molecule has 1 saturated heterocycles. The highest BCUT2D eigenvalue weighted by Crippen LogP contribution is 2.24. The zero-order valence-electron chi connectivity index (χ0n) is 14.9. The fraction of sp³-hybridized carbons (Fsp3) is 0.474. The summed E-state index contributed by atoms with van der Waals surface area (Å²) in [7, 11) is 0. The molecule has 2 heterocycles. The van der Waals surface area contributed by atoms with E-state index in [1.165, 1.54) is 0 Å². The minimum absolute atomic E-state index is 0.187. The summed E-state index contributed by atoms with van der Waals surface area (Å²) in [5, 5.41) is 3.19. The Balaban J connectivity index is 1.48. The smallest absolute Gasteiger partial charge is 0.409 e. The van der Waals surface area contributed by atoms with Crippen molar-refractivity contribution in [1.29, 1.82) is 0 Å². The topological polar surface area (TPSA) is 45.7 Å². The summed E-state index contributed by atoms with van der Waals surface area (Å²) in [6.07, 6.45) is -0.187. The van der Waals surface area contributed by atoms with Crippen LogP contribution in [0.15, 0.2) is 35.7 Å². The molecule has 0 aliphatic carbocycles.